The van der Waals surface area contributed by atoms with Crippen LogP contribution in [0.5, 0.6) is 0 Å². The number of aromatic nitrogens is 3. The van der Waals surface area contributed by atoms with E-state index in [1.807, 2.05) is 0 Å². The minimum Gasteiger partial charge on any atom is -0.393 e. The van der Waals surface area contributed by atoms with Crippen LogP contribution < -0.4 is 10.5 Å². The first kappa shape index (κ1) is 26.4. The van der Waals surface area contributed by atoms with Crippen molar-refractivity contribution >= 4 is 47.9 Å². The van der Waals surface area contributed by atoms with Crippen LogP contribution in [-0.2, 0) is 24.5 Å². The number of nitrogens with zero attached hydrogens (tertiary/aromatic N) is 3. The van der Waals surface area contributed by atoms with Crippen molar-refractivity contribution in [3.8, 4) is 0 Å². The third-order valence-electron chi connectivity index (χ3n) is 5.70. The number of carbonyl (C=O) groups excluding carboxylic acids is 1. The van der Waals surface area contributed by atoms with E-state index in [1.54, 1.807) is 12.1 Å². The Morgan fingerprint density at radius 2 is 2.03 bits per heavy atom. The number of rotatable bonds is 9. The summed E-state index contributed by atoms with van der Waals surface area (Å²) >= 11 is 3.25. The average Bonchev–Trinajstić information content (AvgIpc) is 3.44. The zero-order valence-corrected chi connectivity index (χ0v) is 21.8. The van der Waals surface area contributed by atoms with Crippen molar-refractivity contribution in [2.24, 2.45) is 11.1 Å². The van der Waals surface area contributed by atoms with Gasteiger partial charge < -0.3 is 10.4 Å². The van der Waals surface area contributed by atoms with Gasteiger partial charge >= 0.3 is 10.3 Å². The highest BCUT2D eigenvalue weighted by Gasteiger charge is 2.35. The molecule has 36 heavy (non-hydrogen) atoms. The van der Waals surface area contributed by atoms with Gasteiger partial charge in [0.05, 0.1) is 23.2 Å². The molecule has 1 saturated carbocycles. The summed E-state index contributed by atoms with van der Waals surface area (Å²) in [4.78, 5) is 21.3. The van der Waals surface area contributed by atoms with Gasteiger partial charge in [0.25, 0.3) is 10.0 Å². The van der Waals surface area contributed by atoms with Crippen molar-refractivity contribution in [3.05, 3.63) is 70.8 Å². The van der Waals surface area contributed by atoms with Crippen LogP contribution in [0.1, 0.15) is 28.8 Å². The fourth-order valence-electron chi connectivity index (χ4n) is 3.95. The lowest BCUT2D eigenvalue weighted by Gasteiger charge is -2.15. The van der Waals surface area contributed by atoms with Gasteiger partial charge in [-0.15, -0.1) is 0 Å². The molecule has 0 radical (unpaired) electrons. The fraction of sp³-hybridized carbons (Fsp3) is 0.286. The fourth-order valence-corrected chi connectivity index (χ4v) is 6.11. The minimum absolute atomic E-state index is 0.0534. The molecular formula is C21H22BrN5O7S2. The summed E-state index contributed by atoms with van der Waals surface area (Å²) < 4.78 is 54.1. The third-order valence-corrected chi connectivity index (χ3v) is 8.29. The van der Waals surface area contributed by atoms with Crippen LogP contribution in [0.3, 0.4) is 0 Å². The Morgan fingerprint density at radius 3 is 2.75 bits per heavy atom. The SMILES string of the molecule is NS(=O)(=O)OC[C@H]1CC(Nc2ncncc2C(=O)c2ccn(S(=O)(=O)c3cccc(Br)c3)c2)C[C@@H]1O. The second kappa shape index (κ2) is 10.4. The van der Waals surface area contributed by atoms with Crippen LogP contribution in [0.15, 0.2) is 64.6 Å². The number of hydrogen-bond acceptors (Lipinski definition) is 10. The lowest BCUT2D eigenvalue weighted by Crippen LogP contribution is -2.24. The first-order valence-corrected chi connectivity index (χ1v) is 14.3. The van der Waals surface area contributed by atoms with Crippen molar-refractivity contribution in [2.75, 3.05) is 11.9 Å². The molecule has 12 nitrogen and oxygen atoms in total. The van der Waals surface area contributed by atoms with Crippen molar-refractivity contribution in [1.82, 2.24) is 13.9 Å². The quantitative estimate of drug-likeness (QED) is 0.303. The van der Waals surface area contributed by atoms with Crippen LogP contribution in [0.2, 0.25) is 0 Å². The number of nitrogens with one attached hydrogen (secondary N) is 1. The number of ketones is 1. The Kier molecular flexibility index (Phi) is 7.59. The number of halogens is 1. The van der Waals surface area contributed by atoms with Crippen LogP contribution in [0.25, 0.3) is 0 Å². The highest BCUT2D eigenvalue weighted by atomic mass is 79.9. The molecule has 3 atom stereocenters. The molecule has 1 unspecified atom stereocenters. The van der Waals surface area contributed by atoms with Crippen molar-refractivity contribution in [2.45, 2.75) is 29.9 Å². The van der Waals surface area contributed by atoms with E-state index in [2.05, 4.69) is 35.4 Å². The molecule has 3 aromatic rings. The van der Waals surface area contributed by atoms with E-state index in [1.165, 1.54) is 43.1 Å². The molecule has 0 spiro atoms. The molecule has 4 N–H and O–H groups in total. The molecule has 2 aromatic heterocycles. The molecule has 0 saturated heterocycles. The predicted molar refractivity (Wildman–Crippen MR) is 132 cm³/mol. The number of nitrogens with two attached hydrogens (primary N) is 1. The smallest absolute Gasteiger partial charge is 0.333 e. The molecule has 1 aromatic carbocycles. The lowest BCUT2D eigenvalue weighted by atomic mass is 10.1. The largest absolute Gasteiger partial charge is 0.393 e. The number of anilines is 1. The minimum atomic E-state index is -4.13. The molecule has 1 aliphatic rings. The summed E-state index contributed by atoms with van der Waals surface area (Å²) in [5.41, 5.74) is 0.214. The normalized spacial score (nSPS) is 20.4. The molecule has 4 rings (SSSR count). The van der Waals surface area contributed by atoms with Crippen LogP contribution in [0, 0.1) is 5.92 Å². The van der Waals surface area contributed by atoms with Gasteiger partial charge in [0, 0.05) is 40.6 Å². The Morgan fingerprint density at radius 1 is 1.25 bits per heavy atom. The number of aliphatic hydroxyl groups excluding tert-OH is 1. The van der Waals surface area contributed by atoms with E-state index in [0.717, 1.165) is 3.97 Å². The molecule has 15 heteroatoms. The molecule has 0 aliphatic heterocycles. The summed E-state index contributed by atoms with van der Waals surface area (Å²) in [5.74, 6) is -0.796. The van der Waals surface area contributed by atoms with Gasteiger partial charge in [0.1, 0.15) is 12.1 Å². The highest BCUT2D eigenvalue weighted by molar-refractivity contribution is 9.10. The molecule has 2 heterocycles. The summed E-state index contributed by atoms with van der Waals surface area (Å²) in [6, 6.07) is 7.25. The Bertz CT molecular complexity index is 1490. The maximum absolute atomic E-state index is 13.2. The Hall–Kier alpha value is -2.69. The maximum atomic E-state index is 13.2. The van der Waals surface area contributed by atoms with Gasteiger partial charge in [-0.25, -0.2) is 27.5 Å². The van der Waals surface area contributed by atoms with Gasteiger partial charge in [0.2, 0.25) is 0 Å². The number of aliphatic hydroxyl groups is 1. The van der Waals surface area contributed by atoms with E-state index in [0.29, 0.717) is 10.9 Å². The van der Waals surface area contributed by atoms with Gasteiger partial charge in [-0.1, -0.05) is 22.0 Å². The van der Waals surface area contributed by atoms with Crippen molar-refractivity contribution < 1.29 is 30.9 Å². The molecule has 192 valence electrons. The molecular weight excluding hydrogens is 578 g/mol. The maximum Gasteiger partial charge on any atom is 0.333 e. The number of hydrogen-bond donors (Lipinski definition) is 3. The monoisotopic (exact) mass is 599 g/mol. The first-order chi connectivity index (χ1) is 16.9. The van der Waals surface area contributed by atoms with E-state index < -0.39 is 38.1 Å². The summed E-state index contributed by atoms with van der Waals surface area (Å²) in [7, 11) is -8.05. The summed E-state index contributed by atoms with van der Waals surface area (Å²) in [6.45, 7) is -0.270. The van der Waals surface area contributed by atoms with Gasteiger partial charge in [0.15, 0.2) is 5.78 Å². The van der Waals surface area contributed by atoms with E-state index >= 15 is 0 Å². The lowest BCUT2D eigenvalue weighted by molar-refractivity contribution is 0.101. The zero-order chi connectivity index (χ0) is 26.1. The van der Waals surface area contributed by atoms with Gasteiger partial charge in [-0.3, -0.25) is 8.98 Å². The van der Waals surface area contributed by atoms with Crippen molar-refractivity contribution in [1.29, 1.82) is 0 Å². The van der Waals surface area contributed by atoms with E-state index in [-0.39, 0.29) is 40.9 Å². The van der Waals surface area contributed by atoms with Crippen LogP contribution in [-0.4, -0.2) is 60.4 Å². The Balaban J connectivity index is 1.51. The standard InChI is InChI=1S/C21H22BrN5O7S2/c22-15-2-1-3-17(7-15)35(30,31)27-5-4-13(10-27)20(29)18-9-24-12-25-21(18)26-16-6-14(19(28)8-16)11-34-36(23,32)33/h1-5,7,9-10,12,14,16,19,28H,6,8,11H2,(H2,23,32,33)(H,24,25,26)/t14-,16?,19+/m1/s1. The number of carbonyl (C=O) groups is 1. The first-order valence-electron chi connectivity index (χ1n) is 10.6. The highest BCUT2D eigenvalue weighted by Crippen LogP contribution is 2.30. The third kappa shape index (κ3) is 5.99. The topological polar surface area (TPSA) is 184 Å². The summed E-state index contributed by atoms with van der Waals surface area (Å²) in [5, 5.41) is 18.2. The second-order valence-electron chi connectivity index (χ2n) is 8.22. The van der Waals surface area contributed by atoms with Crippen LogP contribution in [0.4, 0.5) is 5.82 Å². The zero-order valence-electron chi connectivity index (χ0n) is 18.6. The predicted octanol–water partition coefficient (Wildman–Crippen LogP) is 1.28. The van der Waals surface area contributed by atoms with Crippen molar-refractivity contribution in [3.63, 3.8) is 0 Å². The average molecular weight is 600 g/mol. The number of benzene rings is 1. The molecule has 1 fully saturated rings. The van der Waals surface area contributed by atoms with E-state index in [4.69, 9.17) is 5.14 Å². The Labute approximate surface area is 216 Å². The molecule has 1 aliphatic carbocycles. The summed E-state index contributed by atoms with van der Waals surface area (Å²) in [6.07, 6.45) is 4.81. The van der Waals surface area contributed by atoms with Gasteiger partial charge in [-0.05, 0) is 37.1 Å². The molecule has 0 amide bonds. The van der Waals surface area contributed by atoms with Gasteiger partial charge in [-0.2, -0.15) is 8.42 Å². The van der Waals surface area contributed by atoms with E-state index in [9.17, 15) is 26.7 Å². The molecule has 0 bridgehead atoms. The van der Waals surface area contributed by atoms with Crippen LogP contribution >= 0.6 is 15.9 Å². The second-order valence-corrected chi connectivity index (χ2v) is 12.2.